The van der Waals surface area contributed by atoms with Crippen LogP contribution >= 0.6 is 22.7 Å². The highest BCUT2D eigenvalue weighted by Gasteiger charge is 2.10. The Morgan fingerprint density at radius 2 is 0.568 bits per heavy atom. The zero-order chi connectivity index (χ0) is 31.2. The lowest BCUT2D eigenvalue weighted by molar-refractivity contribution is 0.532. The van der Waals surface area contributed by atoms with Gasteiger partial charge in [0.15, 0.2) is 10.0 Å². The van der Waals surface area contributed by atoms with E-state index in [9.17, 15) is 0 Å². The number of aryl methyl sites for hydroxylation is 2. The molecule has 0 saturated carbocycles. The minimum Gasteiger partial charge on any atom is -0.239 e. The van der Waals surface area contributed by atoms with Crippen LogP contribution in [0.5, 0.6) is 0 Å². The summed E-state index contributed by atoms with van der Waals surface area (Å²) in [5, 5.41) is 6.81. The average molecular weight is 645 g/mol. The van der Waals surface area contributed by atoms with E-state index in [1.807, 2.05) is 0 Å². The smallest absolute Gasteiger partial charge is 0.152 e. The zero-order valence-corrected chi connectivity index (χ0v) is 31.1. The predicted molar refractivity (Wildman–Crippen MR) is 200 cm³/mol. The Balaban J connectivity index is 1.38. The molecule has 0 saturated heterocycles. The highest BCUT2D eigenvalue weighted by Crippen LogP contribution is 2.28. The van der Waals surface area contributed by atoms with E-state index in [1.165, 1.54) is 204 Å². The van der Waals surface area contributed by atoms with E-state index in [0.717, 1.165) is 22.9 Å². The van der Waals surface area contributed by atoms with Gasteiger partial charge in [-0.1, -0.05) is 194 Å². The second kappa shape index (κ2) is 29.6. The van der Waals surface area contributed by atoms with Crippen LogP contribution in [-0.4, -0.2) is 9.97 Å². The molecule has 2 aromatic rings. The van der Waals surface area contributed by atoms with Gasteiger partial charge < -0.3 is 0 Å². The average Bonchev–Trinajstić information content (AvgIpc) is 3.71. The van der Waals surface area contributed by atoms with Gasteiger partial charge in [0, 0.05) is 10.8 Å². The van der Waals surface area contributed by atoms with Gasteiger partial charge in [-0.15, -0.1) is 22.7 Å². The SMILES string of the molecule is CCCCCCCCCCCCCCCCCc1csc(-c2nc(CCCCCCCCCCCCCCCCC)cs2)n1. The number of hydrogen-bond donors (Lipinski definition) is 0. The van der Waals surface area contributed by atoms with E-state index in [2.05, 4.69) is 24.6 Å². The number of thiazole rings is 2. The first-order valence-corrected chi connectivity index (χ1v) is 21.5. The Labute approximate surface area is 283 Å². The van der Waals surface area contributed by atoms with Gasteiger partial charge >= 0.3 is 0 Å². The maximum absolute atomic E-state index is 4.94. The van der Waals surface area contributed by atoms with Gasteiger partial charge in [0.05, 0.1) is 11.4 Å². The minimum atomic E-state index is 1.13. The molecule has 0 atom stereocenters. The van der Waals surface area contributed by atoms with Crippen molar-refractivity contribution in [2.45, 2.75) is 219 Å². The molecule has 0 aromatic carbocycles. The lowest BCUT2D eigenvalue weighted by Gasteiger charge is -2.03. The zero-order valence-electron chi connectivity index (χ0n) is 29.5. The quantitative estimate of drug-likeness (QED) is 0.0722. The van der Waals surface area contributed by atoms with Gasteiger partial charge in [0.1, 0.15) is 0 Å². The number of unbranched alkanes of at least 4 members (excludes halogenated alkanes) is 28. The van der Waals surface area contributed by atoms with Crippen LogP contribution in [0.3, 0.4) is 0 Å². The van der Waals surface area contributed by atoms with Gasteiger partial charge in [0.25, 0.3) is 0 Å². The van der Waals surface area contributed by atoms with Crippen molar-refractivity contribution in [1.29, 1.82) is 0 Å². The first-order valence-electron chi connectivity index (χ1n) is 19.7. The van der Waals surface area contributed by atoms with Crippen molar-refractivity contribution in [3.63, 3.8) is 0 Å². The summed E-state index contributed by atoms with van der Waals surface area (Å²) in [6.45, 7) is 4.60. The molecule has 0 N–H and O–H groups in total. The van der Waals surface area contributed by atoms with Crippen molar-refractivity contribution in [3.8, 4) is 10.0 Å². The fourth-order valence-electron chi connectivity index (χ4n) is 6.39. The maximum atomic E-state index is 4.94. The Hall–Kier alpha value is -0.740. The van der Waals surface area contributed by atoms with Crippen LogP contribution in [0.1, 0.15) is 218 Å². The van der Waals surface area contributed by atoms with E-state index < -0.39 is 0 Å². The van der Waals surface area contributed by atoms with E-state index >= 15 is 0 Å². The van der Waals surface area contributed by atoms with Crippen LogP contribution in [0.25, 0.3) is 10.0 Å². The summed E-state index contributed by atoms with van der Waals surface area (Å²) in [5.74, 6) is 0. The van der Waals surface area contributed by atoms with Crippen molar-refractivity contribution >= 4 is 22.7 Å². The largest absolute Gasteiger partial charge is 0.239 e. The van der Waals surface area contributed by atoms with Gasteiger partial charge in [-0.05, 0) is 25.7 Å². The molecule has 44 heavy (non-hydrogen) atoms. The molecule has 2 heterocycles. The Morgan fingerprint density at radius 3 is 0.818 bits per heavy atom. The molecular weight excluding hydrogens is 573 g/mol. The third-order valence-electron chi connectivity index (χ3n) is 9.36. The molecule has 0 unspecified atom stereocenters. The molecule has 0 bridgehead atoms. The number of aromatic nitrogens is 2. The summed E-state index contributed by atoms with van der Waals surface area (Å²) >= 11 is 3.58. The Bertz CT molecular complexity index is 787. The summed E-state index contributed by atoms with van der Waals surface area (Å²) in [5.41, 5.74) is 2.55. The topological polar surface area (TPSA) is 25.8 Å². The van der Waals surface area contributed by atoms with Crippen molar-refractivity contribution in [2.75, 3.05) is 0 Å². The first kappa shape index (κ1) is 39.4. The van der Waals surface area contributed by atoms with E-state index in [1.54, 1.807) is 22.7 Å². The van der Waals surface area contributed by atoms with Crippen molar-refractivity contribution in [1.82, 2.24) is 9.97 Å². The monoisotopic (exact) mass is 645 g/mol. The molecule has 0 amide bonds. The van der Waals surface area contributed by atoms with Crippen LogP contribution in [0.4, 0.5) is 0 Å². The third kappa shape index (κ3) is 21.9. The standard InChI is InChI=1S/C40H72N2S2/c1-3-5-7-9-11-13-15-17-19-21-23-25-27-29-31-33-37-35-43-39(41-37)40-42-38(36-44-40)34-32-30-28-26-24-22-20-18-16-14-12-10-8-6-4-2/h35-36H,3-34H2,1-2H3. The first-order chi connectivity index (χ1) is 21.8. The highest BCUT2D eigenvalue weighted by atomic mass is 32.1. The molecule has 2 nitrogen and oxygen atoms in total. The van der Waals surface area contributed by atoms with Gasteiger partial charge in [0.2, 0.25) is 0 Å². The number of nitrogens with zero attached hydrogens (tertiary/aromatic N) is 2. The van der Waals surface area contributed by atoms with Crippen molar-refractivity contribution in [2.24, 2.45) is 0 Å². The summed E-state index contributed by atoms with van der Waals surface area (Å²) in [6, 6.07) is 0. The highest BCUT2D eigenvalue weighted by molar-refractivity contribution is 7.19. The van der Waals surface area contributed by atoms with E-state index in [-0.39, 0.29) is 0 Å². The Kier molecular flexibility index (Phi) is 26.6. The number of hydrogen-bond acceptors (Lipinski definition) is 4. The molecule has 2 aromatic heterocycles. The van der Waals surface area contributed by atoms with Crippen LogP contribution in [0, 0.1) is 0 Å². The molecular formula is C40H72N2S2. The minimum absolute atomic E-state index is 1.13. The fourth-order valence-corrected chi connectivity index (χ4v) is 8.15. The molecule has 0 aliphatic carbocycles. The third-order valence-corrected chi connectivity index (χ3v) is 11.3. The summed E-state index contributed by atoms with van der Waals surface area (Å²) < 4.78 is 0. The van der Waals surface area contributed by atoms with Crippen LogP contribution in [0.2, 0.25) is 0 Å². The lowest BCUT2D eigenvalue weighted by Crippen LogP contribution is -1.89. The maximum Gasteiger partial charge on any atom is 0.152 e. The Morgan fingerprint density at radius 1 is 0.341 bits per heavy atom. The second-order valence-electron chi connectivity index (χ2n) is 13.7. The second-order valence-corrected chi connectivity index (χ2v) is 15.4. The molecule has 2 rings (SSSR count). The molecule has 0 aliphatic rings. The van der Waals surface area contributed by atoms with Crippen LogP contribution in [-0.2, 0) is 12.8 Å². The summed E-state index contributed by atoms with van der Waals surface area (Å²) in [4.78, 5) is 9.88. The molecule has 254 valence electrons. The summed E-state index contributed by atoms with van der Waals surface area (Å²) in [7, 11) is 0. The van der Waals surface area contributed by atoms with Crippen molar-refractivity contribution < 1.29 is 0 Å². The number of rotatable bonds is 33. The fraction of sp³-hybridized carbons (Fsp3) is 0.850. The van der Waals surface area contributed by atoms with Crippen molar-refractivity contribution in [3.05, 3.63) is 22.1 Å². The predicted octanol–water partition coefficient (Wildman–Crippen LogP) is 15.1. The molecule has 0 spiro atoms. The lowest BCUT2D eigenvalue weighted by atomic mass is 10.0. The molecule has 4 heteroatoms. The van der Waals surface area contributed by atoms with Crippen LogP contribution in [0.15, 0.2) is 10.8 Å². The normalized spacial score (nSPS) is 11.6. The van der Waals surface area contributed by atoms with E-state index in [0.29, 0.717) is 0 Å². The van der Waals surface area contributed by atoms with Gasteiger partial charge in [-0.3, -0.25) is 0 Å². The summed E-state index contributed by atoms with van der Waals surface area (Å²) in [6.07, 6.45) is 44.9. The molecule has 0 radical (unpaired) electrons. The molecule has 0 aliphatic heterocycles. The van der Waals surface area contributed by atoms with E-state index in [4.69, 9.17) is 9.97 Å². The van der Waals surface area contributed by atoms with Gasteiger partial charge in [-0.25, -0.2) is 9.97 Å². The van der Waals surface area contributed by atoms with Crippen LogP contribution < -0.4 is 0 Å². The molecule has 0 fully saturated rings. The van der Waals surface area contributed by atoms with Gasteiger partial charge in [-0.2, -0.15) is 0 Å².